The molecule has 0 aliphatic carbocycles. The maximum Gasteiger partial charge on any atom is 0.164 e. The van der Waals surface area contributed by atoms with Crippen LogP contribution in [-0.4, -0.2) is 15.0 Å². The summed E-state index contributed by atoms with van der Waals surface area (Å²) in [5.41, 5.74) is 12.5. The lowest BCUT2D eigenvalue weighted by Gasteiger charge is -2.10. The molecule has 0 aliphatic heterocycles. The lowest BCUT2D eigenvalue weighted by atomic mass is 9.94. The van der Waals surface area contributed by atoms with Crippen LogP contribution < -0.4 is 0 Å². The van der Waals surface area contributed by atoms with Crippen LogP contribution in [0.15, 0.2) is 197 Å². The fourth-order valence-electron chi connectivity index (χ4n) is 7.90. The average molecular weight is 718 g/mol. The molecule has 0 atom stereocenters. The Bertz CT molecular complexity index is 3240. The van der Waals surface area contributed by atoms with Crippen molar-refractivity contribution in [2.45, 2.75) is 0 Å². The van der Waals surface area contributed by atoms with Gasteiger partial charge in [-0.3, -0.25) is 0 Å². The van der Waals surface area contributed by atoms with Crippen molar-refractivity contribution in [1.29, 1.82) is 0 Å². The predicted octanol–water partition coefficient (Wildman–Crippen LogP) is 13.7. The Morgan fingerprint density at radius 1 is 0.286 bits per heavy atom. The summed E-state index contributed by atoms with van der Waals surface area (Å²) < 4.78 is 13.2. The minimum atomic E-state index is 0.583. The van der Waals surface area contributed by atoms with Crippen LogP contribution in [0.3, 0.4) is 0 Å². The number of hydrogen-bond donors (Lipinski definition) is 0. The van der Waals surface area contributed by atoms with Crippen LogP contribution in [-0.2, 0) is 0 Å². The Morgan fingerprint density at radius 2 is 0.875 bits per heavy atom. The van der Waals surface area contributed by atoms with Crippen LogP contribution in [0.25, 0.3) is 111 Å². The summed E-state index contributed by atoms with van der Waals surface area (Å²) in [5.74, 6) is 1.80. The zero-order valence-corrected chi connectivity index (χ0v) is 30.1. The van der Waals surface area contributed by atoms with Gasteiger partial charge in [0.1, 0.15) is 22.3 Å². The van der Waals surface area contributed by atoms with E-state index < -0.39 is 0 Å². The number of rotatable bonds is 6. The van der Waals surface area contributed by atoms with Crippen molar-refractivity contribution < 1.29 is 8.83 Å². The Kier molecular flexibility index (Phi) is 7.42. The van der Waals surface area contributed by atoms with E-state index in [1.54, 1.807) is 0 Å². The number of benzene rings is 8. The molecule has 0 N–H and O–H groups in total. The van der Waals surface area contributed by atoms with Gasteiger partial charge in [0.15, 0.2) is 17.5 Å². The average Bonchev–Trinajstić information content (AvgIpc) is 3.86. The van der Waals surface area contributed by atoms with E-state index in [2.05, 4.69) is 121 Å². The van der Waals surface area contributed by atoms with E-state index in [4.69, 9.17) is 23.8 Å². The standard InChI is InChI=1S/C51H31N3O2/c1-4-14-32(15-5-1)35-20-12-21-37(30-35)50-52-49(34-18-8-3-9-19-34)53-51(54-50)42-23-13-25-44-46(42)41-27-26-36(31-45(41)55-44)38-28-29-39(33-16-6-2-7-17-33)48-47(38)40-22-10-11-24-43(40)56-48/h1-31H. The second kappa shape index (κ2) is 13.0. The van der Waals surface area contributed by atoms with E-state index in [1.165, 1.54) is 0 Å². The molecule has 0 spiro atoms. The van der Waals surface area contributed by atoms with Crippen molar-refractivity contribution in [3.63, 3.8) is 0 Å². The molecule has 0 aliphatic rings. The third kappa shape index (κ3) is 5.37. The summed E-state index contributed by atoms with van der Waals surface area (Å²) in [7, 11) is 0. The number of fused-ring (bicyclic) bond motifs is 6. The van der Waals surface area contributed by atoms with Crippen LogP contribution in [0.5, 0.6) is 0 Å². The summed E-state index contributed by atoms with van der Waals surface area (Å²) in [6.45, 7) is 0. The fourth-order valence-corrected chi connectivity index (χ4v) is 7.90. The van der Waals surface area contributed by atoms with Crippen molar-refractivity contribution in [2.24, 2.45) is 0 Å². The van der Waals surface area contributed by atoms with Gasteiger partial charge in [0.25, 0.3) is 0 Å². The SMILES string of the molecule is c1ccc(-c2cccc(-c3nc(-c4ccccc4)nc(-c4cccc5oc6cc(-c7ccc(-c8ccccc8)c8oc9ccccc9c78)ccc6c45)n3)c2)cc1. The van der Waals surface area contributed by atoms with Crippen molar-refractivity contribution in [3.05, 3.63) is 188 Å². The van der Waals surface area contributed by atoms with Gasteiger partial charge in [0.05, 0.1) is 0 Å². The molecule has 56 heavy (non-hydrogen) atoms. The van der Waals surface area contributed by atoms with Crippen molar-refractivity contribution in [1.82, 2.24) is 15.0 Å². The summed E-state index contributed by atoms with van der Waals surface area (Å²) in [5, 5.41) is 4.11. The first-order valence-corrected chi connectivity index (χ1v) is 18.7. The Morgan fingerprint density at radius 3 is 1.68 bits per heavy atom. The molecule has 11 rings (SSSR count). The molecule has 0 radical (unpaired) electrons. The van der Waals surface area contributed by atoms with Gasteiger partial charge in [-0.2, -0.15) is 0 Å². The highest BCUT2D eigenvalue weighted by Crippen LogP contribution is 2.44. The first-order chi connectivity index (χ1) is 27.7. The molecule has 0 amide bonds. The predicted molar refractivity (Wildman–Crippen MR) is 227 cm³/mol. The van der Waals surface area contributed by atoms with Crippen LogP contribution in [0.1, 0.15) is 0 Å². The van der Waals surface area contributed by atoms with Crippen LogP contribution >= 0.6 is 0 Å². The number of para-hydroxylation sites is 1. The normalized spacial score (nSPS) is 11.6. The number of nitrogens with zero attached hydrogens (tertiary/aromatic N) is 3. The maximum atomic E-state index is 6.65. The van der Waals surface area contributed by atoms with Crippen molar-refractivity contribution >= 4 is 43.9 Å². The molecule has 3 aromatic heterocycles. The Hall–Kier alpha value is -7.63. The van der Waals surface area contributed by atoms with E-state index in [0.29, 0.717) is 17.5 Å². The lowest BCUT2D eigenvalue weighted by Crippen LogP contribution is -2.00. The van der Waals surface area contributed by atoms with Crippen molar-refractivity contribution in [2.75, 3.05) is 0 Å². The molecule has 11 aromatic rings. The minimum absolute atomic E-state index is 0.583. The van der Waals surface area contributed by atoms with E-state index in [1.807, 2.05) is 66.7 Å². The maximum absolute atomic E-state index is 6.65. The molecule has 5 heteroatoms. The number of aromatic nitrogens is 3. The quantitative estimate of drug-likeness (QED) is 0.171. The van der Waals surface area contributed by atoms with E-state index in [0.717, 1.165) is 93.9 Å². The van der Waals surface area contributed by atoms with Crippen LogP contribution in [0.4, 0.5) is 0 Å². The molecular weight excluding hydrogens is 687 g/mol. The molecule has 0 saturated heterocycles. The van der Waals surface area contributed by atoms with Crippen molar-refractivity contribution in [3.8, 4) is 67.5 Å². The zero-order chi connectivity index (χ0) is 37.0. The van der Waals surface area contributed by atoms with Gasteiger partial charge in [-0.1, -0.05) is 152 Å². The Labute approximate surface area is 322 Å². The number of hydrogen-bond acceptors (Lipinski definition) is 5. The van der Waals surface area contributed by atoms with Gasteiger partial charge in [-0.15, -0.1) is 0 Å². The molecule has 0 unspecified atom stereocenters. The van der Waals surface area contributed by atoms with E-state index in [-0.39, 0.29) is 0 Å². The fraction of sp³-hybridized carbons (Fsp3) is 0. The second-order valence-electron chi connectivity index (χ2n) is 13.9. The highest BCUT2D eigenvalue weighted by atomic mass is 16.3. The molecule has 5 nitrogen and oxygen atoms in total. The first kappa shape index (κ1) is 31.9. The third-order valence-electron chi connectivity index (χ3n) is 10.6. The van der Waals surface area contributed by atoms with Crippen LogP contribution in [0, 0.1) is 0 Å². The first-order valence-electron chi connectivity index (χ1n) is 18.7. The second-order valence-corrected chi connectivity index (χ2v) is 13.9. The van der Waals surface area contributed by atoms with Gasteiger partial charge in [0.2, 0.25) is 0 Å². The number of furan rings is 2. The van der Waals surface area contributed by atoms with Gasteiger partial charge in [-0.05, 0) is 64.2 Å². The molecule has 262 valence electrons. The van der Waals surface area contributed by atoms with Gasteiger partial charge in [-0.25, -0.2) is 15.0 Å². The smallest absolute Gasteiger partial charge is 0.164 e. The van der Waals surface area contributed by atoms with E-state index in [9.17, 15) is 0 Å². The highest BCUT2D eigenvalue weighted by molar-refractivity contribution is 6.17. The molecule has 0 bridgehead atoms. The van der Waals surface area contributed by atoms with Gasteiger partial charge >= 0.3 is 0 Å². The molecule has 0 fully saturated rings. The van der Waals surface area contributed by atoms with Gasteiger partial charge in [0, 0.05) is 43.8 Å². The summed E-state index contributed by atoms with van der Waals surface area (Å²) >= 11 is 0. The Balaban J connectivity index is 1.08. The topological polar surface area (TPSA) is 65.0 Å². The van der Waals surface area contributed by atoms with Crippen LogP contribution in [0.2, 0.25) is 0 Å². The summed E-state index contributed by atoms with van der Waals surface area (Å²) in [6, 6.07) is 64.4. The third-order valence-corrected chi connectivity index (χ3v) is 10.6. The lowest BCUT2D eigenvalue weighted by molar-refractivity contribution is 0.668. The molecule has 8 aromatic carbocycles. The minimum Gasteiger partial charge on any atom is -0.456 e. The highest BCUT2D eigenvalue weighted by Gasteiger charge is 2.21. The molecule has 3 heterocycles. The van der Waals surface area contributed by atoms with E-state index >= 15 is 0 Å². The largest absolute Gasteiger partial charge is 0.456 e. The zero-order valence-electron chi connectivity index (χ0n) is 30.1. The molecular formula is C51H31N3O2. The summed E-state index contributed by atoms with van der Waals surface area (Å²) in [6.07, 6.45) is 0. The van der Waals surface area contributed by atoms with Gasteiger partial charge < -0.3 is 8.83 Å². The monoisotopic (exact) mass is 717 g/mol. The summed E-state index contributed by atoms with van der Waals surface area (Å²) in [4.78, 5) is 15.3. The molecule has 0 saturated carbocycles.